The van der Waals surface area contributed by atoms with E-state index in [1.165, 1.54) is 6.20 Å². The Balaban J connectivity index is 1.54. The molecule has 4 rings (SSSR count). The van der Waals surface area contributed by atoms with E-state index in [2.05, 4.69) is 21.2 Å². The van der Waals surface area contributed by atoms with E-state index in [1.54, 1.807) is 31.7 Å². The molecule has 2 aromatic heterocycles. The Labute approximate surface area is 227 Å². The first-order chi connectivity index (χ1) is 18.4. The van der Waals surface area contributed by atoms with E-state index in [9.17, 15) is 20.0 Å². The second-order valence-electron chi connectivity index (χ2n) is 10.8. The molecule has 0 unspecified atom stereocenters. The summed E-state index contributed by atoms with van der Waals surface area (Å²) < 4.78 is 11.1. The Morgan fingerprint density at radius 2 is 2.05 bits per heavy atom. The first kappa shape index (κ1) is 27.6. The van der Waals surface area contributed by atoms with Gasteiger partial charge in [-0.1, -0.05) is 17.3 Å². The molecule has 0 radical (unpaired) electrons. The zero-order chi connectivity index (χ0) is 28.5. The minimum atomic E-state index is -1.12. The van der Waals surface area contributed by atoms with Gasteiger partial charge in [0.25, 0.3) is 5.89 Å². The number of nitriles is 1. The van der Waals surface area contributed by atoms with E-state index in [0.717, 1.165) is 27.2 Å². The van der Waals surface area contributed by atoms with Crippen molar-refractivity contribution in [2.45, 2.75) is 66.2 Å². The summed E-state index contributed by atoms with van der Waals surface area (Å²) in [4.78, 5) is 36.3. The van der Waals surface area contributed by atoms with Crippen LogP contribution < -0.4 is 4.74 Å². The van der Waals surface area contributed by atoms with Crippen molar-refractivity contribution in [1.29, 1.82) is 5.26 Å². The molecule has 39 heavy (non-hydrogen) atoms. The molecule has 0 spiro atoms. The summed E-state index contributed by atoms with van der Waals surface area (Å²) in [6, 6.07) is 7.54. The first-order valence-corrected chi connectivity index (χ1v) is 12.7. The highest BCUT2D eigenvalue weighted by Gasteiger charge is 2.31. The van der Waals surface area contributed by atoms with Crippen LogP contribution in [0.5, 0.6) is 5.88 Å². The first-order valence-electron chi connectivity index (χ1n) is 12.7. The summed E-state index contributed by atoms with van der Waals surface area (Å²) in [5.74, 6) is 0.675. The molecule has 0 saturated heterocycles. The van der Waals surface area contributed by atoms with Crippen molar-refractivity contribution in [3.63, 3.8) is 0 Å². The van der Waals surface area contributed by atoms with Gasteiger partial charge in [-0.15, -0.1) is 0 Å². The highest BCUT2D eigenvalue weighted by atomic mass is 16.5. The maximum absolute atomic E-state index is 13.0. The van der Waals surface area contributed by atoms with Gasteiger partial charge in [-0.05, 0) is 70.7 Å². The summed E-state index contributed by atoms with van der Waals surface area (Å²) in [7, 11) is 0. The molecule has 0 fully saturated rings. The molecule has 3 heterocycles. The van der Waals surface area contributed by atoms with E-state index in [0.29, 0.717) is 30.9 Å². The minimum Gasteiger partial charge on any atom is -0.474 e. The number of aromatic nitrogens is 3. The Morgan fingerprint density at radius 1 is 1.31 bits per heavy atom. The van der Waals surface area contributed by atoms with Gasteiger partial charge in [-0.2, -0.15) is 10.2 Å². The Bertz CT molecular complexity index is 1450. The number of carbonyl (C=O) groups is 2. The van der Waals surface area contributed by atoms with Gasteiger partial charge in [0.05, 0.1) is 11.7 Å². The maximum Gasteiger partial charge on any atom is 0.408 e. The number of carboxylic acid groups (broad SMARTS) is 1. The Kier molecular flexibility index (Phi) is 7.58. The van der Waals surface area contributed by atoms with E-state index in [-0.39, 0.29) is 35.9 Å². The number of nitrogens with zero attached hydrogens (tertiary/aromatic N) is 6. The number of pyridine rings is 1. The van der Waals surface area contributed by atoms with Crippen molar-refractivity contribution in [2.75, 3.05) is 13.1 Å². The molecule has 204 valence electrons. The highest BCUT2D eigenvalue weighted by Crippen LogP contribution is 2.32. The normalized spacial score (nSPS) is 13.1. The van der Waals surface area contributed by atoms with Crippen LogP contribution in [0.2, 0.25) is 0 Å². The molecular formula is C28H32N6O5. The zero-order valence-electron chi connectivity index (χ0n) is 23.0. The van der Waals surface area contributed by atoms with Crippen LogP contribution in [0.4, 0.5) is 4.79 Å². The Morgan fingerprint density at radius 3 is 2.69 bits per heavy atom. The van der Waals surface area contributed by atoms with Gasteiger partial charge in [0, 0.05) is 30.4 Å². The number of rotatable bonds is 6. The molecule has 3 aromatic rings. The fourth-order valence-electron chi connectivity index (χ4n) is 4.54. The van der Waals surface area contributed by atoms with Crippen molar-refractivity contribution in [3.8, 4) is 34.8 Å². The van der Waals surface area contributed by atoms with Crippen LogP contribution in [0.25, 0.3) is 22.8 Å². The quantitative estimate of drug-likeness (QED) is 0.487. The van der Waals surface area contributed by atoms with Crippen LogP contribution in [0.3, 0.4) is 0 Å². The van der Waals surface area contributed by atoms with Crippen molar-refractivity contribution in [2.24, 2.45) is 0 Å². The number of carbonyl (C=O) groups excluding carboxylic acids is 1. The average molecular weight is 533 g/mol. The van der Waals surface area contributed by atoms with Crippen LogP contribution in [0.1, 0.15) is 56.9 Å². The number of fused-ring (bicyclic) bond motifs is 1. The molecule has 1 aliphatic rings. The van der Waals surface area contributed by atoms with Crippen molar-refractivity contribution in [1.82, 2.24) is 24.9 Å². The number of benzene rings is 1. The van der Waals surface area contributed by atoms with Gasteiger partial charge < -0.3 is 19.3 Å². The Hall–Kier alpha value is -4.46. The fourth-order valence-corrected chi connectivity index (χ4v) is 4.54. The van der Waals surface area contributed by atoms with Crippen molar-refractivity contribution >= 4 is 12.0 Å². The third kappa shape index (κ3) is 5.85. The summed E-state index contributed by atoms with van der Waals surface area (Å²) in [5, 5.41) is 23.2. The van der Waals surface area contributed by atoms with Crippen LogP contribution in [0, 0.1) is 18.3 Å². The second-order valence-corrected chi connectivity index (χ2v) is 10.8. The maximum atomic E-state index is 13.0. The molecule has 11 heteroatoms. The molecule has 1 aliphatic heterocycles. The summed E-state index contributed by atoms with van der Waals surface area (Å²) >= 11 is 0. The lowest BCUT2D eigenvalue weighted by atomic mass is 9.91. The van der Waals surface area contributed by atoms with Gasteiger partial charge >= 0.3 is 6.09 Å². The molecule has 0 bridgehead atoms. The van der Waals surface area contributed by atoms with Gasteiger partial charge in [0.15, 0.2) is 0 Å². The number of amides is 2. The molecular weight excluding hydrogens is 500 g/mol. The lowest BCUT2D eigenvalue weighted by Gasteiger charge is -2.36. The highest BCUT2D eigenvalue weighted by molar-refractivity contribution is 5.82. The average Bonchev–Trinajstić information content (AvgIpc) is 3.36. The zero-order valence-corrected chi connectivity index (χ0v) is 23.0. The predicted octanol–water partition coefficient (Wildman–Crippen LogP) is 4.43. The van der Waals surface area contributed by atoms with Gasteiger partial charge in [0.2, 0.25) is 17.6 Å². The molecule has 2 amide bonds. The van der Waals surface area contributed by atoms with Crippen LogP contribution in [-0.2, 0) is 17.8 Å². The lowest BCUT2D eigenvalue weighted by Crippen LogP contribution is -2.51. The fraction of sp³-hybridized carbons (Fsp3) is 0.429. The van der Waals surface area contributed by atoms with Crippen LogP contribution >= 0.6 is 0 Å². The third-order valence-corrected chi connectivity index (χ3v) is 6.61. The SMILES string of the molecule is Cc1c(-c2noc(-c3cnc(OC(C)C)c(C#N)c3)n2)ccc2c1CCN(C(=O)CN(C(=O)O)C(C)(C)C)C2. The van der Waals surface area contributed by atoms with E-state index >= 15 is 0 Å². The molecule has 1 N–H and O–H groups in total. The van der Waals surface area contributed by atoms with Gasteiger partial charge in [0.1, 0.15) is 18.2 Å². The summed E-state index contributed by atoms with van der Waals surface area (Å²) in [6.07, 6.45) is 0.922. The minimum absolute atomic E-state index is 0.120. The van der Waals surface area contributed by atoms with Crippen LogP contribution in [0.15, 0.2) is 28.9 Å². The van der Waals surface area contributed by atoms with E-state index in [1.807, 2.05) is 32.9 Å². The monoisotopic (exact) mass is 532 g/mol. The molecule has 1 aromatic carbocycles. The summed E-state index contributed by atoms with van der Waals surface area (Å²) in [5.41, 5.74) is 4.02. The largest absolute Gasteiger partial charge is 0.474 e. The molecule has 11 nitrogen and oxygen atoms in total. The van der Waals surface area contributed by atoms with Crippen LogP contribution in [-0.4, -0.2) is 66.8 Å². The standard InChI is InChI=1S/C28H32N6O5/c1-16(2)38-25-19(12-29)11-20(13-30-25)26-31-24(32-39-26)22-8-7-18-14-33(10-9-21(18)17(22)3)23(35)15-34(27(36)37)28(4,5)6/h7-8,11,13,16H,9-10,14-15H2,1-6H3,(H,36,37). The van der Waals surface area contributed by atoms with E-state index < -0.39 is 11.6 Å². The number of hydrogen-bond donors (Lipinski definition) is 1. The van der Waals surface area contributed by atoms with Crippen molar-refractivity contribution in [3.05, 3.63) is 46.6 Å². The lowest BCUT2D eigenvalue weighted by molar-refractivity contribution is -0.134. The second kappa shape index (κ2) is 10.7. The predicted molar refractivity (Wildman–Crippen MR) is 142 cm³/mol. The molecule has 0 atom stereocenters. The molecule has 0 aliphatic carbocycles. The topological polar surface area (TPSA) is 146 Å². The number of ether oxygens (including phenoxy) is 1. The van der Waals surface area contributed by atoms with Gasteiger partial charge in [-0.3, -0.25) is 9.69 Å². The third-order valence-electron chi connectivity index (χ3n) is 6.61. The van der Waals surface area contributed by atoms with E-state index in [4.69, 9.17) is 9.26 Å². The summed E-state index contributed by atoms with van der Waals surface area (Å²) in [6.45, 7) is 11.7. The van der Waals surface area contributed by atoms with Gasteiger partial charge in [-0.25, -0.2) is 9.78 Å². The number of hydrogen-bond acceptors (Lipinski definition) is 8. The molecule has 0 saturated carbocycles. The smallest absolute Gasteiger partial charge is 0.408 e. The van der Waals surface area contributed by atoms with Crippen molar-refractivity contribution < 1.29 is 24.0 Å².